The van der Waals surface area contributed by atoms with Gasteiger partial charge in [-0.05, 0) is 40.9 Å². The Balaban J connectivity index is 1.68. The Labute approximate surface area is 103 Å². The summed E-state index contributed by atoms with van der Waals surface area (Å²) in [7, 11) is 0. The van der Waals surface area contributed by atoms with E-state index in [0.717, 1.165) is 23.1 Å². The van der Waals surface area contributed by atoms with Gasteiger partial charge < -0.3 is 10.6 Å². The zero-order chi connectivity index (χ0) is 11.4. The van der Waals surface area contributed by atoms with Crippen LogP contribution in [0, 0.1) is 0 Å². The van der Waals surface area contributed by atoms with Crippen molar-refractivity contribution in [2.45, 2.75) is 25.4 Å². The van der Waals surface area contributed by atoms with Gasteiger partial charge in [0.15, 0.2) is 0 Å². The third kappa shape index (κ3) is 3.90. The molecule has 16 heavy (non-hydrogen) atoms. The monoisotopic (exact) mass is 283 g/mol. The fourth-order valence-electron chi connectivity index (χ4n) is 1.36. The van der Waals surface area contributed by atoms with Gasteiger partial charge in [0.05, 0.1) is 12.2 Å². The molecule has 0 unspecified atom stereocenters. The summed E-state index contributed by atoms with van der Waals surface area (Å²) in [4.78, 5) is 15.6. The highest BCUT2D eigenvalue weighted by molar-refractivity contribution is 9.10. The van der Waals surface area contributed by atoms with Crippen molar-refractivity contribution in [2.24, 2.45) is 0 Å². The van der Waals surface area contributed by atoms with Gasteiger partial charge in [-0.3, -0.25) is 4.79 Å². The van der Waals surface area contributed by atoms with Crippen LogP contribution in [0.15, 0.2) is 22.8 Å². The van der Waals surface area contributed by atoms with E-state index in [9.17, 15) is 4.79 Å². The van der Waals surface area contributed by atoms with Crippen LogP contribution in [-0.4, -0.2) is 23.5 Å². The lowest BCUT2D eigenvalue weighted by Gasteiger charge is -2.05. The second-order valence-corrected chi connectivity index (χ2v) is 4.71. The van der Waals surface area contributed by atoms with E-state index in [2.05, 4.69) is 31.5 Å². The molecule has 1 aliphatic carbocycles. The SMILES string of the molecule is O=C(CNCc1cccc(Br)n1)NC1CC1. The van der Waals surface area contributed by atoms with E-state index in [-0.39, 0.29) is 5.91 Å². The largest absolute Gasteiger partial charge is 0.352 e. The highest BCUT2D eigenvalue weighted by Gasteiger charge is 2.22. The maximum Gasteiger partial charge on any atom is 0.234 e. The van der Waals surface area contributed by atoms with Crippen LogP contribution in [0.1, 0.15) is 18.5 Å². The maximum atomic E-state index is 11.3. The Hall–Kier alpha value is -0.940. The van der Waals surface area contributed by atoms with Crippen molar-refractivity contribution in [3.05, 3.63) is 28.5 Å². The molecule has 1 fully saturated rings. The van der Waals surface area contributed by atoms with Crippen molar-refractivity contribution >= 4 is 21.8 Å². The molecule has 1 amide bonds. The predicted octanol–water partition coefficient (Wildman–Crippen LogP) is 1.21. The van der Waals surface area contributed by atoms with Gasteiger partial charge >= 0.3 is 0 Å². The Morgan fingerprint density at radius 1 is 1.50 bits per heavy atom. The summed E-state index contributed by atoms with van der Waals surface area (Å²) in [6, 6.07) is 6.16. The molecule has 1 aromatic rings. The first-order valence-electron chi connectivity index (χ1n) is 5.35. The first kappa shape index (κ1) is 11.5. The summed E-state index contributed by atoms with van der Waals surface area (Å²) in [5, 5.41) is 5.99. The normalized spacial score (nSPS) is 14.8. The molecule has 0 spiro atoms. The van der Waals surface area contributed by atoms with Crippen molar-refractivity contribution in [1.29, 1.82) is 0 Å². The topological polar surface area (TPSA) is 54.0 Å². The maximum absolute atomic E-state index is 11.3. The zero-order valence-corrected chi connectivity index (χ0v) is 10.5. The van der Waals surface area contributed by atoms with E-state index < -0.39 is 0 Å². The molecule has 5 heteroatoms. The number of hydrogen-bond donors (Lipinski definition) is 2. The second kappa shape index (κ2) is 5.41. The first-order chi connectivity index (χ1) is 7.74. The number of carbonyl (C=O) groups is 1. The van der Waals surface area contributed by atoms with Gasteiger partial charge in [0.25, 0.3) is 0 Å². The highest BCUT2D eigenvalue weighted by Crippen LogP contribution is 2.18. The molecule has 0 aromatic carbocycles. The molecule has 1 aromatic heterocycles. The molecule has 1 heterocycles. The van der Waals surface area contributed by atoms with Crippen LogP contribution >= 0.6 is 15.9 Å². The third-order valence-corrected chi connectivity index (χ3v) is 2.75. The van der Waals surface area contributed by atoms with Gasteiger partial charge in [-0.1, -0.05) is 6.07 Å². The number of carbonyl (C=O) groups excluding carboxylic acids is 1. The van der Waals surface area contributed by atoms with Gasteiger partial charge in [0.2, 0.25) is 5.91 Å². The van der Waals surface area contributed by atoms with E-state index in [1.807, 2.05) is 18.2 Å². The van der Waals surface area contributed by atoms with Crippen LogP contribution in [-0.2, 0) is 11.3 Å². The second-order valence-electron chi connectivity index (χ2n) is 3.90. The average Bonchev–Trinajstić information content (AvgIpc) is 3.02. The summed E-state index contributed by atoms with van der Waals surface area (Å²) >= 11 is 3.31. The van der Waals surface area contributed by atoms with E-state index in [1.165, 1.54) is 0 Å². The molecule has 2 N–H and O–H groups in total. The zero-order valence-electron chi connectivity index (χ0n) is 8.87. The number of aromatic nitrogens is 1. The molecule has 2 rings (SSSR count). The van der Waals surface area contributed by atoms with Gasteiger partial charge in [-0.15, -0.1) is 0 Å². The Kier molecular flexibility index (Phi) is 3.90. The summed E-state index contributed by atoms with van der Waals surface area (Å²) in [5.41, 5.74) is 0.925. The summed E-state index contributed by atoms with van der Waals surface area (Å²) in [6.45, 7) is 0.961. The summed E-state index contributed by atoms with van der Waals surface area (Å²) < 4.78 is 0.814. The lowest BCUT2D eigenvalue weighted by atomic mass is 10.3. The van der Waals surface area contributed by atoms with E-state index in [4.69, 9.17) is 0 Å². The number of pyridine rings is 1. The summed E-state index contributed by atoms with van der Waals surface area (Å²) in [5.74, 6) is 0.0671. The molecule has 0 aliphatic heterocycles. The van der Waals surface area contributed by atoms with Gasteiger partial charge in [0.1, 0.15) is 4.60 Å². The van der Waals surface area contributed by atoms with Crippen molar-refractivity contribution in [1.82, 2.24) is 15.6 Å². The fraction of sp³-hybridized carbons (Fsp3) is 0.455. The molecular formula is C11H14BrN3O. The average molecular weight is 284 g/mol. The molecule has 0 saturated heterocycles. The van der Waals surface area contributed by atoms with Crippen molar-refractivity contribution in [3.63, 3.8) is 0 Å². The number of amides is 1. The molecule has 0 bridgehead atoms. The first-order valence-corrected chi connectivity index (χ1v) is 6.15. The smallest absolute Gasteiger partial charge is 0.234 e. The molecule has 86 valence electrons. The van der Waals surface area contributed by atoms with E-state index in [0.29, 0.717) is 19.1 Å². The van der Waals surface area contributed by atoms with E-state index in [1.54, 1.807) is 0 Å². The number of halogens is 1. The summed E-state index contributed by atoms with van der Waals surface area (Å²) in [6.07, 6.45) is 2.25. The molecular weight excluding hydrogens is 270 g/mol. The Morgan fingerprint density at radius 3 is 3.00 bits per heavy atom. The predicted molar refractivity (Wildman–Crippen MR) is 64.8 cm³/mol. The Morgan fingerprint density at radius 2 is 2.31 bits per heavy atom. The molecule has 4 nitrogen and oxygen atoms in total. The van der Waals surface area contributed by atoms with Gasteiger partial charge in [-0.2, -0.15) is 0 Å². The van der Waals surface area contributed by atoms with Crippen LogP contribution in [0.2, 0.25) is 0 Å². The Bertz CT molecular complexity index is 379. The van der Waals surface area contributed by atoms with Crippen LogP contribution in [0.3, 0.4) is 0 Å². The minimum absolute atomic E-state index is 0.0671. The van der Waals surface area contributed by atoms with Crippen molar-refractivity contribution < 1.29 is 4.79 Å². The van der Waals surface area contributed by atoms with Crippen LogP contribution in [0.25, 0.3) is 0 Å². The molecule has 0 atom stereocenters. The minimum atomic E-state index is 0.0671. The van der Waals surface area contributed by atoms with Crippen LogP contribution in [0.4, 0.5) is 0 Å². The fourth-order valence-corrected chi connectivity index (χ4v) is 1.74. The lowest BCUT2D eigenvalue weighted by Crippen LogP contribution is -2.34. The standard InChI is InChI=1S/C11H14BrN3O/c12-10-3-1-2-9(14-10)6-13-7-11(16)15-8-4-5-8/h1-3,8,13H,4-7H2,(H,15,16). The van der Waals surface area contributed by atoms with Gasteiger partial charge in [0, 0.05) is 12.6 Å². The van der Waals surface area contributed by atoms with E-state index >= 15 is 0 Å². The van der Waals surface area contributed by atoms with Crippen LogP contribution < -0.4 is 10.6 Å². The van der Waals surface area contributed by atoms with Crippen molar-refractivity contribution in [3.8, 4) is 0 Å². The highest BCUT2D eigenvalue weighted by atomic mass is 79.9. The molecule has 0 radical (unpaired) electrons. The number of nitrogens with zero attached hydrogens (tertiary/aromatic N) is 1. The molecule has 1 aliphatic rings. The third-order valence-electron chi connectivity index (χ3n) is 2.31. The quantitative estimate of drug-likeness (QED) is 0.799. The molecule has 1 saturated carbocycles. The van der Waals surface area contributed by atoms with Gasteiger partial charge in [-0.25, -0.2) is 4.98 Å². The van der Waals surface area contributed by atoms with Crippen LogP contribution in [0.5, 0.6) is 0 Å². The number of hydrogen-bond acceptors (Lipinski definition) is 3. The number of rotatable bonds is 5. The lowest BCUT2D eigenvalue weighted by molar-refractivity contribution is -0.120. The van der Waals surface area contributed by atoms with Crippen molar-refractivity contribution in [2.75, 3.05) is 6.54 Å². The minimum Gasteiger partial charge on any atom is -0.352 e. The number of nitrogens with one attached hydrogen (secondary N) is 2.